The van der Waals surface area contributed by atoms with E-state index in [0.717, 1.165) is 0 Å². The van der Waals surface area contributed by atoms with E-state index < -0.39 is 4.92 Å². The van der Waals surface area contributed by atoms with Crippen LogP contribution in [-0.2, 0) is 0 Å². The summed E-state index contributed by atoms with van der Waals surface area (Å²) in [5, 5.41) is 10.1. The van der Waals surface area contributed by atoms with Gasteiger partial charge in [-0.3, -0.25) is 10.1 Å². The first-order valence-corrected chi connectivity index (χ1v) is 2.70. The Balaban J connectivity index is 0.000001000. The van der Waals surface area contributed by atoms with Crippen molar-refractivity contribution in [1.82, 2.24) is 0 Å². The average Bonchev–Trinajstić information content (AvgIpc) is 1.88. The van der Waals surface area contributed by atoms with Gasteiger partial charge < -0.3 is 5.73 Å². The number of nitrogens with two attached hydrogens (primary N) is 1. The predicted molar refractivity (Wildman–Crippen MR) is 47.9 cm³/mol. The molecular weight excluding hydrogens is 164 g/mol. The highest BCUT2D eigenvalue weighted by molar-refractivity contribution is 7.59. The van der Waals surface area contributed by atoms with Crippen molar-refractivity contribution >= 4 is 24.9 Å². The number of nitrogen functional groups attached to an aromatic ring is 1. The van der Waals surface area contributed by atoms with Crippen LogP contribution in [0.25, 0.3) is 0 Å². The van der Waals surface area contributed by atoms with E-state index in [1.165, 1.54) is 24.3 Å². The molecule has 0 aliphatic rings. The van der Waals surface area contributed by atoms with Crippen LogP contribution >= 0.6 is 13.5 Å². The molecule has 0 saturated carbocycles. The average molecular weight is 172 g/mol. The number of hydrogen-bond donors (Lipinski definition) is 1. The molecule has 0 heterocycles. The molecule has 0 aromatic heterocycles. The van der Waals surface area contributed by atoms with Gasteiger partial charge in [0.25, 0.3) is 5.69 Å². The Labute approximate surface area is 70.6 Å². The summed E-state index contributed by atoms with van der Waals surface area (Å²) in [6, 6.07) is 5.74. The normalized spacial score (nSPS) is 8.36. The van der Waals surface area contributed by atoms with Crippen molar-refractivity contribution in [3.05, 3.63) is 34.4 Å². The predicted octanol–water partition coefficient (Wildman–Crippen LogP) is 1.29. The van der Waals surface area contributed by atoms with Crippen molar-refractivity contribution in [1.29, 1.82) is 0 Å². The Kier molecular flexibility index (Phi) is 3.39. The number of rotatable bonds is 1. The molecule has 1 aromatic rings. The van der Waals surface area contributed by atoms with Crippen molar-refractivity contribution in [3.63, 3.8) is 0 Å². The fourth-order valence-corrected chi connectivity index (χ4v) is 0.596. The van der Waals surface area contributed by atoms with Crippen LogP contribution in [0.15, 0.2) is 24.3 Å². The van der Waals surface area contributed by atoms with Gasteiger partial charge in [-0.1, -0.05) is 0 Å². The number of non-ortho nitro benzene ring substituents is 1. The summed E-state index contributed by atoms with van der Waals surface area (Å²) in [4.78, 5) is 9.62. The number of benzene rings is 1. The second-order valence-electron chi connectivity index (χ2n) is 1.85. The molecule has 0 radical (unpaired) electrons. The molecule has 0 saturated heterocycles. The van der Waals surface area contributed by atoms with E-state index in [9.17, 15) is 10.1 Å². The molecular formula is C6H8N2O2S. The Morgan fingerprint density at radius 3 is 2.09 bits per heavy atom. The standard InChI is InChI=1S/C6H6N2O2.H2S/c7-5-1-3-6(4-2-5)8(9)10;/h1-4H,7H2;1H2. The van der Waals surface area contributed by atoms with Crippen molar-refractivity contribution < 1.29 is 4.92 Å². The molecule has 1 aromatic carbocycles. The lowest BCUT2D eigenvalue weighted by atomic mass is 10.3. The van der Waals surface area contributed by atoms with Gasteiger partial charge in [-0.05, 0) is 12.1 Å². The second kappa shape index (κ2) is 3.82. The molecule has 0 unspecified atom stereocenters. The minimum atomic E-state index is -0.459. The van der Waals surface area contributed by atoms with Gasteiger partial charge in [-0.25, -0.2) is 0 Å². The van der Waals surface area contributed by atoms with Crippen LogP contribution in [0.1, 0.15) is 0 Å². The summed E-state index contributed by atoms with van der Waals surface area (Å²) in [7, 11) is 0. The van der Waals surface area contributed by atoms with Crippen LogP contribution in [-0.4, -0.2) is 4.92 Å². The Morgan fingerprint density at radius 2 is 1.73 bits per heavy atom. The maximum absolute atomic E-state index is 10.1. The molecule has 1 rings (SSSR count). The van der Waals surface area contributed by atoms with Crippen molar-refractivity contribution in [3.8, 4) is 0 Å². The molecule has 5 heteroatoms. The van der Waals surface area contributed by atoms with Crippen LogP contribution in [0.2, 0.25) is 0 Å². The maximum Gasteiger partial charge on any atom is 0.269 e. The number of nitrogens with zero attached hydrogens (tertiary/aromatic N) is 1. The largest absolute Gasteiger partial charge is 0.399 e. The fourth-order valence-electron chi connectivity index (χ4n) is 0.596. The SMILES string of the molecule is Nc1ccc([N+](=O)[O-])cc1.S. The van der Waals surface area contributed by atoms with Gasteiger partial charge in [0.2, 0.25) is 0 Å². The lowest BCUT2D eigenvalue weighted by Gasteiger charge is -1.90. The van der Waals surface area contributed by atoms with E-state index in [1.807, 2.05) is 0 Å². The summed E-state index contributed by atoms with van der Waals surface area (Å²) in [6.45, 7) is 0. The van der Waals surface area contributed by atoms with Gasteiger partial charge in [0.15, 0.2) is 0 Å². The molecule has 0 amide bonds. The molecule has 0 aliphatic heterocycles. The van der Waals surface area contributed by atoms with Crippen LogP contribution < -0.4 is 5.73 Å². The minimum absolute atomic E-state index is 0. The Hall–Kier alpha value is -1.23. The van der Waals surface area contributed by atoms with Gasteiger partial charge in [-0.2, -0.15) is 13.5 Å². The molecule has 0 spiro atoms. The third-order valence-corrected chi connectivity index (χ3v) is 1.10. The Morgan fingerprint density at radius 1 is 1.27 bits per heavy atom. The topological polar surface area (TPSA) is 69.2 Å². The molecule has 0 aliphatic carbocycles. The van der Waals surface area contributed by atoms with Crippen LogP contribution in [0.4, 0.5) is 11.4 Å². The minimum Gasteiger partial charge on any atom is -0.399 e. The molecule has 60 valence electrons. The van der Waals surface area contributed by atoms with Gasteiger partial charge in [-0.15, -0.1) is 0 Å². The van der Waals surface area contributed by atoms with Gasteiger partial charge in [0, 0.05) is 17.8 Å². The third-order valence-electron chi connectivity index (χ3n) is 1.10. The molecule has 0 bridgehead atoms. The van der Waals surface area contributed by atoms with Crippen molar-refractivity contribution in [2.45, 2.75) is 0 Å². The first-order chi connectivity index (χ1) is 4.70. The summed E-state index contributed by atoms with van der Waals surface area (Å²) >= 11 is 0. The third kappa shape index (κ3) is 2.46. The first kappa shape index (κ1) is 9.77. The monoisotopic (exact) mass is 172 g/mol. The van der Waals surface area contributed by atoms with E-state index >= 15 is 0 Å². The van der Waals surface area contributed by atoms with Crippen molar-refractivity contribution in [2.75, 3.05) is 5.73 Å². The van der Waals surface area contributed by atoms with Crippen LogP contribution in [0.3, 0.4) is 0 Å². The highest BCUT2D eigenvalue weighted by Gasteiger charge is 2.00. The van der Waals surface area contributed by atoms with Crippen LogP contribution in [0, 0.1) is 10.1 Å². The quantitative estimate of drug-likeness (QED) is 0.394. The summed E-state index contributed by atoms with van der Waals surface area (Å²) in [5.74, 6) is 0. The summed E-state index contributed by atoms with van der Waals surface area (Å²) in [6.07, 6.45) is 0. The molecule has 11 heavy (non-hydrogen) atoms. The molecule has 0 atom stereocenters. The lowest BCUT2D eigenvalue weighted by molar-refractivity contribution is -0.384. The maximum atomic E-state index is 10.1. The van der Waals surface area contributed by atoms with Gasteiger partial charge >= 0.3 is 0 Å². The number of nitro groups is 1. The zero-order valence-electron chi connectivity index (χ0n) is 5.65. The van der Waals surface area contributed by atoms with Gasteiger partial charge in [0.05, 0.1) is 4.92 Å². The number of nitro benzene ring substituents is 1. The smallest absolute Gasteiger partial charge is 0.269 e. The second-order valence-corrected chi connectivity index (χ2v) is 1.85. The van der Waals surface area contributed by atoms with E-state index in [0.29, 0.717) is 5.69 Å². The molecule has 0 fully saturated rings. The number of hydrogen-bond acceptors (Lipinski definition) is 3. The van der Waals surface area contributed by atoms with Crippen molar-refractivity contribution in [2.24, 2.45) is 0 Å². The zero-order chi connectivity index (χ0) is 7.56. The highest BCUT2D eigenvalue weighted by atomic mass is 32.1. The van der Waals surface area contributed by atoms with E-state index in [1.54, 1.807) is 0 Å². The molecule has 4 nitrogen and oxygen atoms in total. The van der Waals surface area contributed by atoms with Gasteiger partial charge in [0.1, 0.15) is 0 Å². The Bertz CT molecular complexity index is 247. The van der Waals surface area contributed by atoms with Crippen LogP contribution in [0.5, 0.6) is 0 Å². The zero-order valence-corrected chi connectivity index (χ0v) is 6.65. The van der Waals surface area contributed by atoms with E-state index in [2.05, 4.69) is 0 Å². The lowest BCUT2D eigenvalue weighted by Crippen LogP contribution is -1.88. The van der Waals surface area contributed by atoms with E-state index in [-0.39, 0.29) is 19.2 Å². The fraction of sp³-hybridized carbons (Fsp3) is 0. The summed E-state index contributed by atoms with van der Waals surface area (Å²) < 4.78 is 0. The van der Waals surface area contributed by atoms with E-state index in [4.69, 9.17) is 5.73 Å². The first-order valence-electron chi connectivity index (χ1n) is 2.70. The molecule has 2 N–H and O–H groups in total. The highest BCUT2D eigenvalue weighted by Crippen LogP contribution is 2.11. The summed E-state index contributed by atoms with van der Waals surface area (Å²) in [5.41, 5.74) is 5.90. The number of anilines is 1.